The van der Waals surface area contributed by atoms with Crippen LogP contribution in [0.5, 0.6) is 0 Å². The first-order chi connectivity index (χ1) is 8.18. The standard InChI is InChI=1S/C13H17FN2O/c1-9(10-5-2-3-6-10)16-13(17)11-7-4-8-15-12(11)14/h4,7-10H,2-3,5-6H2,1H3,(H,16,17). The van der Waals surface area contributed by atoms with E-state index in [-0.39, 0.29) is 17.5 Å². The Labute approximate surface area is 100 Å². The largest absolute Gasteiger partial charge is 0.349 e. The Balaban J connectivity index is 1.99. The highest BCUT2D eigenvalue weighted by molar-refractivity contribution is 5.94. The molecule has 1 atom stereocenters. The minimum atomic E-state index is -0.705. The van der Waals surface area contributed by atoms with Crippen molar-refractivity contribution in [3.63, 3.8) is 0 Å². The summed E-state index contributed by atoms with van der Waals surface area (Å²) in [6.45, 7) is 1.99. The van der Waals surface area contributed by atoms with E-state index in [1.165, 1.54) is 25.1 Å². The van der Waals surface area contributed by atoms with Gasteiger partial charge in [0, 0.05) is 12.2 Å². The molecule has 0 aliphatic heterocycles. The van der Waals surface area contributed by atoms with Crippen molar-refractivity contribution in [2.45, 2.75) is 38.6 Å². The van der Waals surface area contributed by atoms with Gasteiger partial charge in [-0.25, -0.2) is 4.98 Å². The highest BCUT2D eigenvalue weighted by atomic mass is 19.1. The number of halogens is 1. The molecule has 1 amide bonds. The first-order valence-corrected chi connectivity index (χ1v) is 6.10. The van der Waals surface area contributed by atoms with Gasteiger partial charge in [0.25, 0.3) is 5.91 Å². The van der Waals surface area contributed by atoms with Crippen LogP contribution in [-0.4, -0.2) is 16.9 Å². The average molecular weight is 236 g/mol. The van der Waals surface area contributed by atoms with Crippen molar-refractivity contribution in [1.29, 1.82) is 0 Å². The maximum atomic E-state index is 13.3. The molecule has 1 heterocycles. The Morgan fingerprint density at radius 3 is 2.88 bits per heavy atom. The van der Waals surface area contributed by atoms with Crippen LogP contribution in [0.1, 0.15) is 43.0 Å². The van der Waals surface area contributed by atoms with E-state index in [2.05, 4.69) is 10.3 Å². The number of amides is 1. The maximum Gasteiger partial charge on any atom is 0.256 e. The minimum Gasteiger partial charge on any atom is -0.349 e. The summed E-state index contributed by atoms with van der Waals surface area (Å²) in [7, 11) is 0. The molecular weight excluding hydrogens is 219 g/mol. The van der Waals surface area contributed by atoms with Gasteiger partial charge in [-0.3, -0.25) is 4.79 Å². The fourth-order valence-corrected chi connectivity index (χ4v) is 2.42. The molecule has 17 heavy (non-hydrogen) atoms. The molecule has 92 valence electrons. The second-order valence-corrected chi connectivity index (χ2v) is 4.65. The molecule has 0 radical (unpaired) electrons. The van der Waals surface area contributed by atoms with Crippen LogP contribution in [0.3, 0.4) is 0 Å². The van der Waals surface area contributed by atoms with Crippen molar-refractivity contribution in [3.8, 4) is 0 Å². The third-order valence-corrected chi connectivity index (χ3v) is 3.47. The molecule has 0 spiro atoms. The molecule has 3 nitrogen and oxygen atoms in total. The molecule has 1 saturated carbocycles. The molecule has 0 bridgehead atoms. The first kappa shape index (κ1) is 12.0. The predicted octanol–water partition coefficient (Wildman–Crippen LogP) is 2.53. The van der Waals surface area contributed by atoms with E-state index in [0.717, 1.165) is 12.8 Å². The maximum absolute atomic E-state index is 13.3. The Morgan fingerprint density at radius 2 is 2.24 bits per heavy atom. The highest BCUT2D eigenvalue weighted by Gasteiger charge is 2.24. The number of hydrogen-bond acceptors (Lipinski definition) is 2. The van der Waals surface area contributed by atoms with Gasteiger partial charge in [-0.05, 0) is 37.8 Å². The second kappa shape index (κ2) is 5.25. The van der Waals surface area contributed by atoms with Crippen LogP contribution < -0.4 is 5.32 Å². The van der Waals surface area contributed by atoms with Gasteiger partial charge in [-0.1, -0.05) is 12.8 Å². The minimum absolute atomic E-state index is 0.0253. The number of carbonyl (C=O) groups is 1. The van der Waals surface area contributed by atoms with Crippen molar-refractivity contribution >= 4 is 5.91 Å². The van der Waals surface area contributed by atoms with Crippen molar-refractivity contribution in [1.82, 2.24) is 10.3 Å². The fourth-order valence-electron chi connectivity index (χ4n) is 2.42. The quantitative estimate of drug-likeness (QED) is 0.819. The second-order valence-electron chi connectivity index (χ2n) is 4.65. The lowest BCUT2D eigenvalue weighted by molar-refractivity contribution is 0.0922. The van der Waals surface area contributed by atoms with E-state index in [1.807, 2.05) is 6.92 Å². The smallest absolute Gasteiger partial charge is 0.256 e. The van der Waals surface area contributed by atoms with Gasteiger partial charge in [-0.15, -0.1) is 0 Å². The van der Waals surface area contributed by atoms with Crippen LogP contribution in [0.2, 0.25) is 0 Å². The SMILES string of the molecule is CC(NC(=O)c1cccnc1F)C1CCCC1. The first-order valence-electron chi connectivity index (χ1n) is 6.10. The Morgan fingerprint density at radius 1 is 1.53 bits per heavy atom. The van der Waals surface area contributed by atoms with Crippen LogP contribution in [0.4, 0.5) is 4.39 Å². The molecule has 1 aromatic heterocycles. The molecule has 1 aliphatic rings. The molecule has 0 aromatic carbocycles. The lowest BCUT2D eigenvalue weighted by Gasteiger charge is -2.20. The van der Waals surface area contributed by atoms with E-state index >= 15 is 0 Å². The van der Waals surface area contributed by atoms with E-state index < -0.39 is 5.95 Å². The van der Waals surface area contributed by atoms with Gasteiger partial charge in [0.05, 0.1) is 5.56 Å². The van der Waals surface area contributed by atoms with Gasteiger partial charge in [0.2, 0.25) is 5.95 Å². The van der Waals surface area contributed by atoms with Crippen LogP contribution >= 0.6 is 0 Å². The van der Waals surface area contributed by atoms with E-state index in [1.54, 1.807) is 6.07 Å². The molecule has 1 aliphatic carbocycles. The third kappa shape index (κ3) is 2.81. The number of nitrogens with zero attached hydrogens (tertiary/aromatic N) is 1. The summed E-state index contributed by atoms with van der Waals surface area (Å²) in [5, 5.41) is 2.86. The predicted molar refractivity (Wildman–Crippen MR) is 63.1 cm³/mol. The number of nitrogens with one attached hydrogen (secondary N) is 1. The summed E-state index contributed by atoms with van der Waals surface area (Å²) in [4.78, 5) is 15.3. The Bertz CT molecular complexity index is 402. The van der Waals surface area contributed by atoms with Crippen LogP contribution in [0.25, 0.3) is 0 Å². The number of aromatic nitrogens is 1. The number of pyridine rings is 1. The van der Waals surface area contributed by atoms with Crippen molar-refractivity contribution in [3.05, 3.63) is 29.8 Å². The monoisotopic (exact) mass is 236 g/mol. The number of carbonyl (C=O) groups excluding carboxylic acids is 1. The van der Waals surface area contributed by atoms with Crippen LogP contribution in [0.15, 0.2) is 18.3 Å². The summed E-state index contributed by atoms with van der Waals surface area (Å²) in [6, 6.07) is 3.13. The Hall–Kier alpha value is -1.45. The van der Waals surface area contributed by atoms with Gasteiger partial charge >= 0.3 is 0 Å². The topological polar surface area (TPSA) is 42.0 Å². The van der Waals surface area contributed by atoms with Crippen molar-refractivity contribution in [2.24, 2.45) is 5.92 Å². The summed E-state index contributed by atoms with van der Waals surface area (Å²) >= 11 is 0. The molecule has 1 unspecified atom stereocenters. The molecule has 1 N–H and O–H groups in total. The summed E-state index contributed by atoms with van der Waals surface area (Å²) in [5.74, 6) is -0.544. The molecule has 2 rings (SSSR count). The van der Waals surface area contributed by atoms with E-state index in [9.17, 15) is 9.18 Å². The summed E-state index contributed by atoms with van der Waals surface area (Å²) in [5.41, 5.74) is 0.0253. The van der Waals surface area contributed by atoms with Crippen LogP contribution in [-0.2, 0) is 0 Å². The van der Waals surface area contributed by atoms with Gasteiger partial charge in [0.1, 0.15) is 0 Å². The van der Waals surface area contributed by atoms with Crippen molar-refractivity contribution in [2.75, 3.05) is 0 Å². The normalized spacial score (nSPS) is 18.0. The Kier molecular flexibility index (Phi) is 3.71. The highest BCUT2D eigenvalue weighted by Crippen LogP contribution is 2.27. The number of rotatable bonds is 3. The zero-order valence-electron chi connectivity index (χ0n) is 9.95. The molecular formula is C13H17FN2O. The average Bonchev–Trinajstić information content (AvgIpc) is 2.82. The van der Waals surface area contributed by atoms with E-state index in [4.69, 9.17) is 0 Å². The van der Waals surface area contributed by atoms with Gasteiger partial charge < -0.3 is 5.32 Å². The summed E-state index contributed by atoms with van der Waals surface area (Å²) in [6.07, 6.45) is 6.10. The fraction of sp³-hybridized carbons (Fsp3) is 0.538. The zero-order chi connectivity index (χ0) is 12.3. The lowest BCUT2D eigenvalue weighted by atomic mass is 9.99. The molecule has 1 fully saturated rings. The van der Waals surface area contributed by atoms with Crippen molar-refractivity contribution < 1.29 is 9.18 Å². The van der Waals surface area contributed by atoms with Gasteiger partial charge in [0.15, 0.2) is 0 Å². The van der Waals surface area contributed by atoms with E-state index in [0.29, 0.717) is 5.92 Å². The zero-order valence-corrected chi connectivity index (χ0v) is 9.95. The third-order valence-electron chi connectivity index (χ3n) is 3.47. The lowest BCUT2D eigenvalue weighted by Crippen LogP contribution is -2.37. The number of hydrogen-bond donors (Lipinski definition) is 1. The van der Waals surface area contributed by atoms with Gasteiger partial charge in [-0.2, -0.15) is 4.39 Å². The molecule has 0 saturated heterocycles. The molecule has 1 aromatic rings. The summed E-state index contributed by atoms with van der Waals surface area (Å²) < 4.78 is 13.3. The molecule has 4 heteroatoms. The van der Waals surface area contributed by atoms with Crippen LogP contribution in [0, 0.1) is 11.9 Å².